The second-order valence-electron chi connectivity index (χ2n) is 5.96. The van der Waals surface area contributed by atoms with Gasteiger partial charge in [0.1, 0.15) is 0 Å². The fraction of sp³-hybridized carbons (Fsp3) is 0.917. The predicted molar refractivity (Wildman–Crippen MR) is 77.1 cm³/mol. The van der Waals surface area contributed by atoms with Gasteiger partial charge < -0.3 is 9.42 Å². The molecule has 1 unspecified atom stereocenters. The molecule has 0 aromatic rings. The van der Waals surface area contributed by atoms with Crippen molar-refractivity contribution in [3.8, 4) is 0 Å². The summed E-state index contributed by atoms with van der Waals surface area (Å²) in [7, 11) is -5.06. The Morgan fingerprint density at radius 3 is 2.25 bits per heavy atom. The summed E-state index contributed by atoms with van der Waals surface area (Å²) >= 11 is 0.923. The zero-order valence-electron chi connectivity index (χ0n) is 12.5. The van der Waals surface area contributed by atoms with Crippen LogP contribution in [0.1, 0.15) is 41.0 Å². The van der Waals surface area contributed by atoms with Gasteiger partial charge in [-0.05, 0) is 5.92 Å². The van der Waals surface area contributed by atoms with Crippen LogP contribution in [0.5, 0.6) is 0 Å². The molecule has 0 saturated carbocycles. The molecule has 0 fully saturated rings. The van der Waals surface area contributed by atoms with Gasteiger partial charge in [-0.3, -0.25) is 9.36 Å². The second kappa shape index (κ2) is 7.34. The van der Waals surface area contributed by atoms with E-state index in [2.05, 4.69) is 4.52 Å². The Balaban J connectivity index is 4.32. The van der Waals surface area contributed by atoms with Crippen molar-refractivity contribution in [3.63, 3.8) is 0 Å². The van der Waals surface area contributed by atoms with Crippen LogP contribution in [0, 0.1) is 11.3 Å². The fourth-order valence-electron chi connectivity index (χ4n) is 1.21. The number of hydrogen-bond acceptors (Lipinski definition) is 4. The first kappa shape index (κ1) is 20.0. The van der Waals surface area contributed by atoms with Gasteiger partial charge in [-0.15, -0.1) is 0 Å². The highest BCUT2D eigenvalue weighted by Gasteiger charge is 2.59. The third-order valence-electron chi connectivity index (χ3n) is 2.44. The number of alkyl halides is 2. The monoisotopic (exact) mass is 332 g/mol. The molecule has 0 aliphatic carbocycles. The van der Waals surface area contributed by atoms with Crippen molar-refractivity contribution < 1.29 is 27.6 Å². The van der Waals surface area contributed by atoms with Gasteiger partial charge in [0, 0.05) is 17.6 Å². The molecule has 0 aliphatic rings. The van der Waals surface area contributed by atoms with Crippen molar-refractivity contribution in [1.29, 1.82) is 0 Å². The van der Waals surface area contributed by atoms with Gasteiger partial charge in [0.25, 0.3) is 0 Å². The van der Waals surface area contributed by atoms with Crippen LogP contribution in [0.2, 0.25) is 0 Å². The maximum absolute atomic E-state index is 13.8. The molecule has 0 bridgehead atoms. The van der Waals surface area contributed by atoms with Crippen LogP contribution in [0.4, 0.5) is 8.78 Å². The van der Waals surface area contributed by atoms with Crippen LogP contribution in [0.25, 0.3) is 0 Å². The average Bonchev–Trinajstić information content (AvgIpc) is 2.21. The van der Waals surface area contributed by atoms with Gasteiger partial charge in [-0.25, -0.2) is 0 Å². The van der Waals surface area contributed by atoms with Crippen LogP contribution in [0.15, 0.2) is 0 Å². The molecule has 0 aromatic carbocycles. The van der Waals surface area contributed by atoms with E-state index in [0.29, 0.717) is 6.42 Å². The molecule has 0 heterocycles. The Hall–Kier alpha value is 0.0300. The first-order valence-electron chi connectivity index (χ1n) is 6.32. The van der Waals surface area contributed by atoms with Gasteiger partial charge in [-0.2, -0.15) is 8.78 Å². The normalized spacial score (nSPS) is 16.2. The Morgan fingerprint density at radius 2 is 1.85 bits per heavy atom. The van der Waals surface area contributed by atoms with E-state index in [1.165, 1.54) is 20.8 Å². The summed E-state index contributed by atoms with van der Waals surface area (Å²) in [5, 5.41) is -0.0843. The van der Waals surface area contributed by atoms with E-state index in [1.807, 2.05) is 13.8 Å². The summed E-state index contributed by atoms with van der Waals surface area (Å²) in [6.45, 7) is 6.91. The van der Waals surface area contributed by atoms with Gasteiger partial charge >= 0.3 is 13.3 Å². The van der Waals surface area contributed by atoms with Gasteiger partial charge in [0.2, 0.25) is 0 Å². The highest BCUT2D eigenvalue weighted by atomic mass is 32.2. The molecule has 0 spiro atoms. The van der Waals surface area contributed by atoms with E-state index >= 15 is 0 Å². The van der Waals surface area contributed by atoms with Gasteiger partial charge in [0.05, 0.1) is 6.61 Å². The minimum absolute atomic E-state index is 0.0797. The molecule has 0 saturated heterocycles. The molecule has 120 valence electrons. The second-order valence-corrected chi connectivity index (χ2v) is 8.98. The Kier molecular flexibility index (Phi) is 7.35. The van der Waals surface area contributed by atoms with Crippen LogP contribution in [-0.4, -0.2) is 28.0 Å². The summed E-state index contributed by atoms with van der Waals surface area (Å²) in [5.41, 5.74) is -5.52. The highest BCUT2D eigenvalue weighted by Crippen LogP contribution is 2.64. The van der Waals surface area contributed by atoms with E-state index < -0.39 is 18.7 Å². The number of thioether (sulfide) groups is 1. The molecule has 1 N–H and O–H groups in total. The van der Waals surface area contributed by atoms with Crippen LogP contribution < -0.4 is 0 Å². The van der Waals surface area contributed by atoms with E-state index in [4.69, 9.17) is 0 Å². The first-order chi connectivity index (χ1) is 8.81. The molecule has 4 nitrogen and oxygen atoms in total. The minimum atomic E-state index is -5.06. The van der Waals surface area contributed by atoms with Crippen LogP contribution in [-0.2, 0) is 13.9 Å². The SMILES string of the molecule is CC(C)CC(=O)SCCOP(=O)(O)C(F)(F)C(C)(C)C. The van der Waals surface area contributed by atoms with Crippen LogP contribution >= 0.6 is 19.4 Å². The van der Waals surface area contributed by atoms with Gasteiger partial charge in [-0.1, -0.05) is 46.4 Å². The first-order valence-corrected chi connectivity index (χ1v) is 8.88. The molecule has 20 heavy (non-hydrogen) atoms. The zero-order chi connectivity index (χ0) is 16.2. The molecular formula is C12H23F2O4PS. The van der Waals surface area contributed by atoms with Crippen molar-refractivity contribution in [2.45, 2.75) is 46.7 Å². The standard InChI is InChI=1S/C12H23F2O4PS/c1-9(2)8-10(15)20-7-6-18-19(16,17)12(13,14)11(3,4)5/h9H,6-8H2,1-5H3,(H,16,17). The summed E-state index contributed by atoms with van der Waals surface area (Å²) in [5.74, 6) is 0.293. The number of halogens is 2. The molecule has 1 atom stereocenters. The quantitative estimate of drug-likeness (QED) is 0.561. The lowest BCUT2D eigenvalue weighted by atomic mass is 9.97. The van der Waals surface area contributed by atoms with Gasteiger partial charge in [0.15, 0.2) is 5.12 Å². The Labute approximate surface area is 123 Å². The topological polar surface area (TPSA) is 63.6 Å². The van der Waals surface area contributed by atoms with Crippen molar-refractivity contribution in [2.24, 2.45) is 11.3 Å². The summed E-state index contributed by atoms with van der Waals surface area (Å²) in [6.07, 6.45) is 0.375. The third-order valence-corrected chi connectivity index (χ3v) is 5.22. The smallest absolute Gasteiger partial charge is 0.320 e. The van der Waals surface area contributed by atoms with Crippen molar-refractivity contribution in [2.75, 3.05) is 12.4 Å². The number of carbonyl (C=O) groups excluding carboxylic acids is 1. The highest BCUT2D eigenvalue weighted by molar-refractivity contribution is 8.13. The zero-order valence-corrected chi connectivity index (χ0v) is 14.2. The van der Waals surface area contributed by atoms with E-state index in [9.17, 15) is 23.0 Å². The predicted octanol–water partition coefficient (Wildman–Crippen LogP) is 4.13. The largest absolute Gasteiger partial charge is 0.397 e. The van der Waals surface area contributed by atoms with Crippen molar-refractivity contribution >= 4 is 24.5 Å². The van der Waals surface area contributed by atoms with Crippen molar-refractivity contribution in [3.05, 3.63) is 0 Å². The number of hydrogen-bond donors (Lipinski definition) is 1. The Bertz CT molecular complexity index is 380. The van der Waals surface area contributed by atoms with E-state index in [-0.39, 0.29) is 23.4 Å². The summed E-state index contributed by atoms with van der Waals surface area (Å²) in [4.78, 5) is 20.7. The Morgan fingerprint density at radius 1 is 1.35 bits per heavy atom. The minimum Gasteiger partial charge on any atom is -0.320 e. The molecule has 0 radical (unpaired) electrons. The molecule has 8 heteroatoms. The molecule has 0 aromatic heterocycles. The van der Waals surface area contributed by atoms with Crippen molar-refractivity contribution in [1.82, 2.24) is 0 Å². The molecule has 0 amide bonds. The average molecular weight is 332 g/mol. The van der Waals surface area contributed by atoms with Crippen LogP contribution in [0.3, 0.4) is 0 Å². The fourth-order valence-corrected chi connectivity index (χ4v) is 3.53. The summed E-state index contributed by atoms with van der Waals surface area (Å²) < 4.78 is 43.6. The maximum Gasteiger partial charge on any atom is 0.397 e. The third kappa shape index (κ3) is 5.80. The van der Waals surface area contributed by atoms with E-state index in [1.54, 1.807) is 0 Å². The number of carbonyl (C=O) groups is 1. The summed E-state index contributed by atoms with van der Waals surface area (Å²) in [6, 6.07) is 0. The molecule has 0 aliphatic heterocycles. The lowest BCUT2D eigenvalue weighted by molar-refractivity contribution is -0.111. The lowest BCUT2D eigenvalue weighted by Crippen LogP contribution is -2.34. The molecular weight excluding hydrogens is 309 g/mol. The lowest BCUT2D eigenvalue weighted by Gasteiger charge is -2.32. The number of rotatable bonds is 7. The van der Waals surface area contributed by atoms with E-state index in [0.717, 1.165) is 11.8 Å². The molecule has 0 rings (SSSR count). The maximum atomic E-state index is 13.8.